The van der Waals surface area contributed by atoms with Gasteiger partial charge in [0.2, 0.25) is 5.91 Å². The molecule has 1 saturated heterocycles. The second-order valence-electron chi connectivity index (χ2n) is 7.14. The summed E-state index contributed by atoms with van der Waals surface area (Å²) < 4.78 is 19.5. The minimum absolute atomic E-state index is 0.0515. The smallest absolute Gasteiger partial charge is 0.319 e. The summed E-state index contributed by atoms with van der Waals surface area (Å²) in [5, 5.41) is 8.24. The van der Waals surface area contributed by atoms with Crippen LogP contribution in [0, 0.1) is 5.82 Å². The van der Waals surface area contributed by atoms with Gasteiger partial charge in [0.05, 0.1) is 23.7 Å². The number of benzene rings is 1. The van der Waals surface area contributed by atoms with E-state index in [0.29, 0.717) is 30.6 Å². The number of hydrogen-bond acceptors (Lipinski definition) is 4. The summed E-state index contributed by atoms with van der Waals surface area (Å²) >= 11 is 0. The van der Waals surface area contributed by atoms with E-state index in [0.717, 1.165) is 31.7 Å². The zero-order chi connectivity index (χ0) is 19.5. The Bertz CT molecular complexity index is 863. The molecule has 1 fully saturated rings. The molecule has 0 saturated carbocycles. The number of hydrogen-bond donors (Lipinski definition) is 3. The van der Waals surface area contributed by atoms with E-state index in [-0.39, 0.29) is 17.6 Å². The summed E-state index contributed by atoms with van der Waals surface area (Å²) in [4.78, 5) is 26.4. The van der Waals surface area contributed by atoms with Crippen LogP contribution in [-0.2, 0) is 11.2 Å². The molecule has 1 aromatic carbocycles. The topological polar surface area (TPSA) is 86.6 Å². The second kappa shape index (κ2) is 8.02. The SMILES string of the molecule is O=C1CCc2cc(F)cc(NC(=O)NCC(c3ccco3)N3CCCC3)c2N1. The number of nitrogens with one attached hydrogen (secondary N) is 3. The highest BCUT2D eigenvalue weighted by molar-refractivity contribution is 6.01. The Hall–Kier alpha value is -2.87. The number of aryl methyl sites for hydroxylation is 1. The van der Waals surface area contributed by atoms with Gasteiger partial charge in [-0.2, -0.15) is 0 Å². The number of amides is 3. The molecule has 3 N–H and O–H groups in total. The summed E-state index contributed by atoms with van der Waals surface area (Å²) in [6, 6.07) is 5.83. The molecule has 2 aromatic rings. The van der Waals surface area contributed by atoms with Crippen molar-refractivity contribution in [1.29, 1.82) is 0 Å². The predicted octanol–water partition coefficient (Wildman–Crippen LogP) is 3.26. The number of likely N-dealkylation sites (tertiary alicyclic amines) is 1. The van der Waals surface area contributed by atoms with Crippen LogP contribution >= 0.6 is 0 Å². The van der Waals surface area contributed by atoms with Gasteiger partial charge in [0.25, 0.3) is 0 Å². The van der Waals surface area contributed by atoms with E-state index in [9.17, 15) is 14.0 Å². The number of rotatable bonds is 5. The van der Waals surface area contributed by atoms with E-state index in [4.69, 9.17) is 4.42 Å². The van der Waals surface area contributed by atoms with E-state index in [1.54, 1.807) is 6.26 Å². The molecule has 1 atom stereocenters. The first kappa shape index (κ1) is 18.5. The molecule has 148 valence electrons. The summed E-state index contributed by atoms with van der Waals surface area (Å²) in [5.41, 5.74) is 1.41. The monoisotopic (exact) mass is 386 g/mol. The van der Waals surface area contributed by atoms with Gasteiger partial charge >= 0.3 is 6.03 Å². The molecule has 1 unspecified atom stereocenters. The molecule has 1 aromatic heterocycles. The highest BCUT2D eigenvalue weighted by atomic mass is 19.1. The van der Waals surface area contributed by atoms with Crippen LogP contribution in [0.2, 0.25) is 0 Å². The van der Waals surface area contributed by atoms with Crippen molar-refractivity contribution in [3.05, 3.63) is 47.7 Å². The fourth-order valence-electron chi connectivity index (χ4n) is 3.86. The standard InChI is InChI=1S/C20H23FN4O3/c21-14-10-13-5-6-18(26)24-19(13)15(11-14)23-20(27)22-12-16(17-4-3-9-28-17)25-7-1-2-8-25/h3-4,9-11,16H,1-2,5-8,12H2,(H,24,26)(H2,22,23,27). The first-order valence-electron chi connectivity index (χ1n) is 9.55. The minimum Gasteiger partial charge on any atom is -0.468 e. The van der Waals surface area contributed by atoms with Crippen molar-refractivity contribution >= 4 is 23.3 Å². The third-order valence-corrected chi connectivity index (χ3v) is 5.23. The largest absolute Gasteiger partial charge is 0.468 e. The van der Waals surface area contributed by atoms with Crippen LogP contribution in [0.5, 0.6) is 0 Å². The summed E-state index contributed by atoms with van der Waals surface area (Å²) in [7, 11) is 0. The van der Waals surface area contributed by atoms with E-state index < -0.39 is 11.8 Å². The molecular formula is C20H23FN4O3. The van der Waals surface area contributed by atoms with Crippen LogP contribution in [0.1, 0.15) is 36.6 Å². The van der Waals surface area contributed by atoms with Crippen molar-refractivity contribution in [1.82, 2.24) is 10.2 Å². The van der Waals surface area contributed by atoms with Gasteiger partial charge in [-0.15, -0.1) is 0 Å². The first-order valence-corrected chi connectivity index (χ1v) is 9.55. The van der Waals surface area contributed by atoms with Crippen LogP contribution in [0.3, 0.4) is 0 Å². The molecule has 0 spiro atoms. The Morgan fingerprint density at radius 2 is 2.11 bits per heavy atom. The Balaban J connectivity index is 1.44. The molecule has 0 radical (unpaired) electrons. The summed E-state index contributed by atoms with van der Waals surface area (Å²) in [6.07, 6.45) is 4.63. The molecule has 0 aliphatic carbocycles. The molecule has 7 nitrogen and oxygen atoms in total. The predicted molar refractivity (Wildman–Crippen MR) is 103 cm³/mol. The Morgan fingerprint density at radius 3 is 2.86 bits per heavy atom. The summed E-state index contributed by atoms with van der Waals surface area (Å²) in [6.45, 7) is 2.28. The molecule has 8 heteroatoms. The zero-order valence-corrected chi connectivity index (χ0v) is 15.5. The highest BCUT2D eigenvalue weighted by Crippen LogP contribution is 2.32. The van der Waals surface area contributed by atoms with Crippen LogP contribution in [-0.4, -0.2) is 36.5 Å². The molecule has 2 aliphatic heterocycles. The number of carbonyl (C=O) groups is 2. The van der Waals surface area contributed by atoms with E-state index in [1.165, 1.54) is 12.1 Å². The fraction of sp³-hybridized carbons (Fsp3) is 0.400. The van der Waals surface area contributed by atoms with Crippen LogP contribution in [0.25, 0.3) is 0 Å². The first-order chi connectivity index (χ1) is 13.6. The number of furan rings is 1. The average Bonchev–Trinajstić information content (AvgIpc) is 3.37. The van der Waals surface area contributed by atoms with E-state index in [1.807, 2.05) is 12.1 Å². The van der Waals surface area contributed by atoms with Crippen molar-refractivity contribution in [2.45, 2.75) is 31.7 Å². The van der Waals surface area contributed by atoms with Crippen LogP contribution < -0.4 is 16.0 Å². The van der Waals surface area contributed by atoms with Crippen molar-refractivity contribution in [3.63, 3.8) is 0 Å². The Morgan fingerprint density at radius 1 is 1.29 bits per heavy atom. The highest BCUT2D eigenvalue weighted by Gasteiger charge is 2.26. The van der Waals surface area contributed by atoms with Gasteiger partial charge in [-0.3, -0.25) is 9.69 Å². The van der Waals surface area contributed by atoms with Crippen LogP contribution in [0.4, 0.5) is 20.6 Å². The summed E-state index contributed by atoms with van der Waals surface area (Å²) in [5.74, 6) is 0.211. The van der Waals surface area contributed by atoms with Gasteiger partial charge in [0.15, 0.2) is 0 Å². The number of nitrogens with zero attached hydrogens (tertiary/aromatic N) is 1. The van der Waals surface area contributed by atoms with E-state index in [2.05, 4.69) is 20.9 Å². The van der Waals surface area contributed by atoms with Crippen molar-refractivity contribution in [3.8, 4) is 0 Å². The maximum atomic E-state index is 13.9. The molecule has 28 heavy (non-hydrogen) atoms. The maximum absolute atomic E-state index is 13.9. The average molecular weight is 386 g/mol. The molecular weight excluding hydrogens is 363 g/mol. The van der Waals surface area contributed by atoms with Crippen molar-refractivity contribution in [2.75, 3.05) is 30.3 Å². The van der Waals surface area contributed by atoms with E-state index >= 15 is 0 Å². The number of halogens is 1. The lowest BCUT2D eigenvalue weighted by molar-refractivity contribution is -0.116. The Kier molecular flexibility index (Phi) is 5.29. The normalized spacial score (nSPS) is 17.7. The molecule has 4 rings (SSSR count). The molecule has 0 bridgehead atoms. The third-order valence-electron chi connectivity index (χ3n) is 5.23. The lowest BCUT2D eigenvalue weighted by Gasteiger charge is -2.26. The Labute approximate surface area is 162 Å². The maximum Gasteiger partial charge on any atom is 0.319 e. The van der Waals surface area contributed by atoms with Gasteiger partial charge in [-0.25, -0.2) is 9.18 Å². The number of urea groups is 1. The number of anilines is 2. The number of carbonyl (C=O) groups excluding carboxylic acids is 2. The van der Waals surface area contributed by atoms with Crippen molar-refractivity contribution < 1.29 is 18.4 Å². The minimum atomic E-state index is -0.455. The fourth-order valence-corrected chi connectivity index (χ4v) is 3.86. The molecule has 2 aliphatic rings. The van der Waals surface area contributed by atoms with Gasteiger partial charge in [0.1, 0.15) is 11.6 Å². The quantitative estimate of drug-likeness (QED) is 0.736. The molecule has 3 heterocycles. The van der Waals surface area contributed by atoms with Crippen LogP contribution in [0.15, 0.2) is 34.9 Å². The van der Waals surface area contributed by atoms with Gasteiger partial charge in [-0.1, -0.05) is 0 Å². The zero-order valence-electron chi connectivity index (χ0n) is 15.5. The van der Waals surface area contributed by atoms with Gasteiger partial charge < -0.3 is 20.4 Å². The second-order valence-corrected chi connectivity index (χ2v) is 7.14. The lowest BCUT2D eigenvalue weighted by atomic mass is 10.0. The van der Waals surface area contributed by atoms with Crippen molar-refractivity contribution in [2.24, 2.45) is 0 Å². The van der Waals surface area contributed by atoms with Gasteiger partial charge in [-0.05, 0) is 62.2 Å². The number of fused-ring (bicyclic) bond motifs is 1. The lowest BCUT2D eigenvalue weighted by Crippen LogP contribution is -2.38. The van der Waals surface area contributed by atoms with Gasteiger partial charge in [0, 0.05) is 13.0 Å². The molecule has 3 amide bonds. The third kappa shape index (κ3) is 4.01.